The average Bonchev–Trinajstić information content (AvgIpc) is 2.61. The maximum Gasteiger partial charge on any atom is 0.316 e. The molecule has 128 valence electrons. The molecule has 1 atom stereocenters. The number of carboxylic acids is 1. The predicted octanol–water partition coefficient (Wildman–Crippen LogP) is 5.04. The summed E-state index contributed by atoms with van der Waals surface area (Å²) in [6, 6.07) is 18.0. The molecule has 2 rings (SSSR count). The number of aliphatic carboxylic acids is 1. The lowest BCUT2D eigenvalue weighted by atomic mass is 10.1. The van der Waals surface area contributed by atoms with E-state index in [1.807, 2.05) is 30.3 Å². The molecule has 0 aliphatic rings. The highest BCUT2D eigenvalue weighted by atomic mass is 32.2. The highest BCUT2D eigenvalue weighted by Gasteiger charge is 2.18. The highest BCUT2D eigenvalue weighted by molar-refractivity contribution is 8.00. The number of hydrogen-bond donors (Lipinski definition) is 1. The molecule has 0 fully saturated rings. The number of aryl methyl sites for hydroxylation is 1. The molecular weight excluding hydrogens is 320 g/mol. The van der Waals surface area contributed by atoms with Crippen molar-refractivity contribution >= 4 is 17.7 Å². The van der Waals surface area contributed by atoms with E-state index in [1.54, 1.807) is 7.11 Å². The largest absolute Gasteiger partial charge is 0.497 e. The molecule has 2 aromatic rings. The number of unbranched alkanes of at least 4 members (excludes halogenated alkanes) is 2. The fourth-order valence-corrected chi connectivity index (χ4v) is 3.54. The topological polar surface area (TPSA) is 46.5 Å². The lowest BCUT2D eigenvalue weighted by Gasteiger charge is -2.12. The third-order valence-corrected chi connectivity index (χ3v) is 5.15. The maximum absolute atomic E-state index is 11.5. The Morgan fingerprint density at radius 2 is 1.75 bits per heavy atom. The maximum atomic E-state index is 11.5. The van der Waals surface area contributed by atoms with Crippen LogP contribution >= 0.6 is 11.8 Å². The summed E-state index contributed by atoms with van der Waals surface area (Å²) in [5.74, 6) is 0.0472. The van der Waals surface area contributed by atoms with Crippen LogP contribution < -0.4 is 4.74 Å². The first-order chi connectivity index (χ1) is 11.7. The molecule has 0 spiro atoms. The predicted molar refractivity (Wildman–Crippen MR) is 98.9 cm³/mol. The van der Waals surface area contributed by atoms with Crippen LogP contribution in [-0.4, -0.2) is 23.4 Å². The van der Waals surface area contributed by atoms with Crippen molar-refractivity contribution in [3.8, 4) is 5.75 Å². The molecule has 0 bridgehead atoms. The minimum absolute atomic E-state index is 0.393. The molecule has 0 saturated heterocycles. The van der Waals surface area contributed by atoms with Crippen LogP contribution in [0.3, 0.4) is 0 Å². The number of carboxylic acid groups (broad SMARTS) is 1. The van der Waals surface area contributed by atoms with Gasteiger partial charge in [-0.15, -0.1) is 11.8 Å². The fraction of sp³-hybridized carbons (Fsp3) is 0.350. The van der Waals surface area contributed by atoms with Gasteiger partial charge in [0.2, 0.25) is 0 Å². The van der Waals surface area contributed by atoms with Crippen LogP contribution in [0.4, 0.5) is 0 Å². The van der Waals surface area contributed by atoms with Gasteiger partial charge in [0.25, 0.3) is 0 Å². The summed E-state index contributed by atoms with van der Waals surface area (Å²) in [6.45, 7) is 0. The summed E-state index contributed by atoms with van der Waals surface area (Å²) in [6.07, 6.45) is 4.85. The number of benzene rings is 2. The van der Waals surface area contributed by atoms with E-state index in [9.17, 15) is 9.90 Å². The van der Waals surface area contributed by atoms with E-state index in [4.69, 9.17) is 4.74 Å². The second kappa shape index (κ2) is 10.0. The normalized spacial score (nSPS) is 11.9. The number of methoxy groups -OCH3 is 1. The van der Waals surface area contributed by atoms with Crippen LogP contribution in [0.15, 0.2) is 59.5 Å². The van der Waals surface area contributed by atoms with Crippen LogP contribution in [-0.2, 0) is 11.2 Å². The van der Waals surface area contributed by atoms with Crippen molar-refractivity contribution in [2.75, 3.05) is 7.11 Å². The van der Waals surface area contributed by atoms with Crippen LogP contribution in [0.1, 0.15) is 31.2 Å². The molecule has 0 heterocycles. The van der Waals surface area contributed by atoms with Gasteiger partial charge in [0, 0.05) is 4.90 Å². The molecule has 3 nitrogen and oxygen atoms in total. The summed E-state index contributed by atoms with van der Waals surface area (Å²) >= 11 is 1.42. The number of carbonyl (C=O) groups is 1. The van der Waals surface area contributed by atoms with Gasteiger partial charge in [-0.1, -0.05) is 43.2 Å². The Morgan fingerprint density at radius 1 is 1.04 bits per heavy atom. The smallest absolute Gasteiger partial charge is 0.316 e. The van der Waals surface area contributed by atoms with Crippen LogP contribution in [0.25, 0.3) is 0 Å². The second-order valence-electron chi connectivity index (χ2n) is 5.71. The molecule has 4 heteroatoms. The average molecular weight is 344 g/mol. The number of hydrogen-bond acceptors (Lipinski definition) is 3. The number of rotatable bonds is 10. The molecule has 0 amide bonds. The van der Waals surface area contributed by atoms with Gasteiger partial charge < -0.3 is 9.84 Å². The van der Waals surface area contributed by atoms with Crippen LogP contribution in [0.2, 0.25) is 0 Å². The molecule has 0 radical (unpaired) electrons. The first-order valence-electron chi connectivity index (χ1n) is 8.26. The van der Waals surface area contributed by atoms with Gasteiger partial charge in [-0.2, -0.15) is 0 Å². The summed E-state index contributed by atoms with van der Waals surface area (Å²) in [4.78, 5) is 12.4. The van der Waals surface area contributed by atoms with Crippen molar-refractivity contribution in [3.05, 3.63) is 60.2 Å². The summed E-state index contributed by atoms with van der Waals surface area (Å²) in [5.41, 5.74) is 1.35. The van der Waals surface area contributed by atoms with Crippen molar-refractivity contribution in [2.24, 2.45) is 0 Å². The van der Waals surface area contributed by atoms with Gasteiger partial charge >= 0.3 is 5.97 Å². The minimum atomic E-state index is -0.737. The van der Waals surface area contributed by atoms with Crippen molar-refractivity contribution in [1.82, 2.24) is 0 Å². The summed E-state index contributed by atoms with van der Waals surface area (Å²) in [5, 5.41) is 9.03. The SMILES string of the molecule is COc1ccc(SC(CCCCCc2ccccc2)C(=O)O)cc1. The highest BCUT2D eigenvalue weighted by Crippen LogP contribution is 2.28. The zero-order valence-electron chi connectivity index (χ0n) is 14.0. The molecule has 1 unspecified atom stereocenters. The summed E-state index contributed by atoms with van der Waals surface area (Å²) in [7, 11) is 1.62. The van der Waals surface area contributed by atoms with E-state index < -0.39 is 11.2 Å². The van der Waals surface area contributed by atoms with E-state index in [-0.39, 0.29) is 0 Å². The molecular formula is C20H24O3S. The second-order valence-corrected chi connectivity index (χ2v) is 6.98. The molecule has 0 saturated carbocycles. The van der Waals surface area contributed by atoms with Crippen LogP contribution in [0.5, 0.6) is 5.75 Å². The molecule has 1 N–H and O–H groups in total. The first kappa shape index (κ1) is 18.4. The lowest BCUT2D eigenvalue weighted by molar-refractivity contribution is -0.136. The van der Waals surface area contributed by atoms with Crippen molar-refractivity contribution in [3.63, 3.8) is 0 Å². The number of thioether (sulfide) groups is 1. The summed E-state index contributed by atoms with van der Waals surface area (Å²) < 4.78 is 5.12. The zero-order valence-corrected chi connectivity index (χ0v) is 14.8. The minimum Gasteiger partial charge on any atom is -0.497 e. The Labute approximate surface area is 148 Å². The third-order valence-electron chi connectivity index (χ3n) is 3.89. The van der Waals surface area contributed by atoms with Gasteiger partial charge in [0.05, 0.1) is 7.11 Å². The Morgan fingerprint density at radius 3 is 2.38 bits per heavy atom. The van der Waals surface area contributed by atoms with Gasteiger partial charge in [0.1, 0.15) is 11.0 Å². The van der Waals surface area contributed by atoms with E-state index in [1.165, 1.54) is 17.3 Å². The monoisotopic (exact) mass is 344 g/mol. The number of ether oxygens (including phenoxy) is 1. The Hall–Kier alpha value is -1.94. The first-order valence-corrected chi connectivity index (χ1v) is 9.14. The molecule has 2 aromatic carbocycles. The Bertz CT molecular complexity index is 611. The Balaban J connectivity index is 1.73. The van der Waals surface area contributed by atoms with Crippen LogP contribution in [0, 0.1) is 0 Å². The van der Waals surface area contributed by atoms with Gasteiger partial charge in [-0.05, 0) is 49.1 Å². The van der Waals surface area contributed by atoms with Crippen molar-refractivity contribution in [2.45, 2.75) is 42.2 Å². The quantitative estimate of drug-likeness (QED) is 0.484. The fourth-order valence-electron chi connectivity index (χ4n) is 2.53. The standard InChI is InChI=1S/C20H24O3S/c1-23-17-12-14-18(15-13-17)24-19(20(21)22)11-7-3-6-10-16-8-4-2-5-9-16/h2,4-5,8-9,12-15,19H,3,6-7,10-11H2,1H3,(H,21,22). The third kappa shape index (κ3) is 6.28. The van der Waals surface area contributed by atoms with E-state index in [0.29, 0.717) is 6.42 Å². The molecule has 0 aliphatic heterocycles. The molecule has 24 heavy (non-hydrogen) atoms. The van der Waals surface area contributed by atoms with E-state index >= 15 is 0 Å². The van der Waals surface area contributed by atoms with E-state index in [2.05, 4.69) is 24.3 Å². The van der Waals surface area contributed by atoms with Gasteiger partial charge in [-0.3, -0.25) is 4.79 Å². The van der Waals surface area contributed by atoms with Gasteiger partial charge in [0.15, 0.2) is 0 Å². The zero-order chi connectivity index (χ0) is 17.2. The van der Waals surface area contributed by atoms with Gasteiger partial charge in [-0.25, -0.2) is 0 Å². The van der Waals surface area contributed by atoms with E-state index in [0.717, 1.165) is 36.3 Å². The molecule has 0 aliphatic carbocycles. The lowest BCUT2D eigenvalue weighted by Crippen LogP contribution is -2.16. The molecule has 0 aromatic heterocycles. The Kier molecular flexibility index (Phi) is 7.69. The van der Waals surface area contributed by atoms with Crippen molar-refractivity contribution in [1.29, 1.82) is 0 Å². The van der Waals surface area contributed by atoms with Crippen molar-refractivity contribution < 1.29 is 14.6 Å².